The fourth-order valence-electron chi connectivity index (χ4n) is 1.42. The lowest BCUT2D eigenvalue weighted by Gasteiger charge is -2.10. The highest BCUT2D eigenvalue weighted by Gasteiger charge is 2.06. The minimum atomic E-state index is -0.929. The summed E-state index contributed by atoms with van der Waals surface area (Å²) in [6, 6.07) is 5.34. The molecular formula is C14H18O4. The third-order valence-electron chi connectivity index (χ3n) is 2.37. The number of hydrogen-bond donors (Lipinski definition) is 1. The Kier molecular flexibility index (Phi) is 5.24. The molecule has 1 aromatic carbocycles. The number of carboxylic acids is 1. The van der Waals surface area contributed by atoms with Crippen LogP contribution in [0.5, 0.6) is 11.5 Å². The summed E-state index contributed by atoms with van der Waals surface area (Å²) in [5.74, 6) is 0.349. The van der Waals surface area contributed by atoms with E-state index in [0.29, 0.717) is 18.1 Å². The number of hydrogen-bond acceptors (Lipinski definition) is 3. The molecule has 0 heterocycles. The Balaban J connectivity index is 3.02. The fraction of sp³-hybridized carbons (Fsp3) is 0.357. The summed E-state index contributed by atoms with van der Waals surface area (Å²) in [6.45, 7) is 4.17. The molecule has 0 aromatic heterocycles. The molecule has 4 nitrogen and oxygen atoms in total. The van der Waals surface area contributed by atoms with Gasteiger partial charge in [-0.2, -0.15) is 0 Å². The minimum Gasteiger partial charge on any atom is -0.493 e. The van der Waals surface area contributed by atoms with Crippen molar-refractivity contribution in [1.82, 2.24) is 0 Å². The maximum Gasteiger partial charge on any atom is 0.331 e. The summed E-state index contributed by atoms with van der Waals surface area (Å²) in [6.07, 6.45) is 2.50. The van der Waals surface area contributed by atoms with Gasteiger partial charge in [-0.15, -0.1) is 0 Å². The molecule has 0 unspecified atom stereocenters. The van der Waals surface area contributed by atoms with E-state index in [1.807, 2.05) is 6.92 Å². The van der Waals surface area contributed by atoms with Gasteiger partial charge in [0.2, 0.25) is 0 Å². The van der Waals surface area contributed by atoms with Gasteiger partial charge in [0.25, 0.3) is 0 Å². The van der Waals surface area contributed by atoms with Crippen molar-refractivity contribution in [3.8, 4) is 11.5 Å². The summed E-state index contributed by atoms with van der Waals surface area (Å²) in [5, 5.41) is 8.83. The van der Waals surface area contributed by atoms with E-state index in [2.05, 4.69) is 0 Å². The molecule has 4 heteroatoms. The second kappa shape index (κ2) is 6.69. The van der Waals surface area contributed by atoms with Crippen LogP contribution in [0, 0.1) is 0 Å². The number of benzene rings is 1. The fourth-order valence-corrected chi connectivity index (χ4v) is 1.42. The summed E-state index contributed by atoms with van der Waals surface area (Å²) in [5.41, 5.74) is 1.06. The van der Waals surface area contributed by atoms with E-state index in [0.717, 1.165) is 12.0 Å². The molecule has 0 saturated heterocycles. The Labute approximate surface area is 107 Å². The van der Waals surface area contributed by atoms with Gasteiger partial charge >= 0.3 is 5.97 Å². The van der Waals surface area contributed by atoms with E-state index in [-0.39, 0.29) is 5.57 Å². The first-order chi connectivity index (χ1) is 8.58. The van der Waals surface area contributed by atoms with E-state index < -0.39 is 5.97 Å². The molecule has 0 amide bonds. The van der Waals surface area contributed by atoms with E-state index >= 15 is 0 Å². The van der Waals surface area contributed by atoms with Gasteiger partial charge in [0.15, 0.2) is 11.5 Å². The SMILES string of the molecule is CCCOc1cc(C=C(C)C(=O)O)ccc1OC. The van der Waals surface area contributed by atoms with Crippen molar-refractivity contribution in [2.45, 2.75) is 20.3 Å². The highest BCUT2D eigenvalue weighted by molar-refractivity contribution is 5.91. The van der Waals surface area contributed by atoms with Crippen molar-refractivity contribution in [3.63, 3.8) is 0 Å². The molecule has 98 valence electrons. The van der Waals surface area contributed by atoms with E-state index in [1.54, 1.807) is 38.3 Å². The van der Waals surface area contributed by atoms with Crippen LogP contribution in [0.3, 0.4) is 0 Å². The predicted molar refractivity (Wildman–Crippen MR) is 70.1 cm³/mol. The number of carbonyl (C=O) groups is 1. The zero-order valence-corrected chi connectivity index (χ0v) is 10.9. The van der Waals surface area contributed by atoms with Gasteiger partial charge in [-0.3, -0.25) is 0 Å². The Hall–Kier alpha value is -1.97. The van der Waals surface area contributed by atoms with Crippen LogP contribution in [0.1, 0.15) is 25.8 Å². The molecule has 0 atom stereocenters. The zero-order chi connectivity index (χ0) is 13.5. The summed E-state index contributed by atoms with van der Waals surface area (Å²) < 4.78 is 10.7. The molecule has 0 fully saturated rings. The molecule has 0 aliphatic heterocycles. The Bertz CT molecular complexity index is 449. The molecule has 18 heavy (non-hydrogen) atoms. The first-order valence-electron chi connectivity index (χ1n) is 5.81. The number of methoxy groups -OCH3 is 1. The quantitative estimate of drug-likeness (QED) is 0.788. The van der Waals surface area contributed by atoms with E-state index in [4.69, 9.17) is 14.6 Å². The van der Waals surface area contributed by atoms with Gasteiger partial charge in [-0.1, -0.05) is 13.0 Å². The molecular weight excluding hydrogens is 232 g/mol. The molecule has 0 radical (unpaired) electrons. The molecule has 1 N–H and O–H groups in total. The van der Waals surface area contributed by atoms with Gasteiger partial charge in [0.1, 0.15) is 0 Å². The second-order valence-electron chi connectivity index (χ2n) is 3.89. The van der Waals surface area contributed by atoms with Crippen molar-refractivity contribution >= 4 is 12.0 Å². The molecule has 0 spiro atoms. The summed E-state index contributed by atoms with van der Waals surface area (Å²) >= 11 is 0. The lowest BCUT2D eigenvalue weighted by molar-refractivity contribution is -0.132. The third-order valence-corrected chi connectivity index (χ3v) is 2.37. The Morgan fingerprint density at radius 1 is 1.39 bits per heavy atom. The standard InChI is InChI=1S/C14H18O4/c1-4-7-18-13-9-11(5-6-12(13)17-3)8-10(2)14(15)16/h5-6,8-9H,4,7H2,1-3H3,(H,15,16). The topological polar surface area (TPSA) is 55.8 Å². The van der Waals surface area contributed by atoms with Crippen molar-refractivity contribution in [1.29, 1.82) is 0 Å². The van der Waals surface area contributed by atoms with Crippen LogP contribution >= 0.6 is 0 Å². The van der Waals surface area contributed by atoms with Crippen LogP contribution in [0.15, 0.2) is 23.8 Å². The van der Waals surface area contributed by atoms with Crippen LogP contribution in [0.4, 0.5) is 0 Å². The highest BCUT2D eigenvalue weighted by atomic mass is 16.5. The normalized spacial score (nSPS) is 11.2. The number of rotatable bonds is 6. The van der Waals surface area contributed by atoms with Crippen LogP contribution in [0.2, 0.25) is 0 Å². The number of carboxylic acid groups (broad SMARTS) is 1. The third kappa shape index (κ3) is 3.80. The predicted octanol–water partition coefficient (Wildman–Crippen LogP) is 2.97. The summed E-state index contributed by atoms with van der Waals surface area (Å²) in [4.78, 5) is 10.8. The highest BCUT2D eigenvalue weighted by Crippen LogP contribution is 2.29. The molecule has 1 rings (SSSR count). The van der Waals surface area contributed by atoms with Gasteiger partial charge in [-0.05, 0) is 37.1 Å². The van der Waals surface area contributed by atoms with Gasteiger partial charge in [-0.25, -0.2) is 4.79 Å². The Morgan fingerprint density at radius 2 is 2.11 bits per heavy atom. The average molecular weight is 250 g/mol. The van der Waals surface area contributed by atoms with Crippen molar-refractivity contribution in [2.75, 3.05) is 13.7 Å². The first-order valence-corrected chi connectivity index (χ1v) is 5.81. The van der Waals surface area contributed by atoms with Crippen LogP contribution < -0.4 is 9.47 Å². The van der Waals surface area contributed by atoms with Gasteiger partial charge in [0, 0.05) is 5.57 Å². The second-order valence-corrected chi connectivity index (χ2v) is 3.89. The maximum atomic E-state index is 10.8. The molecule has 0 aliphatic carbocycles. The smallest absolute Gasteiger partial charge is 0.331 e. The number of ether oxygens (including phenoxy) is 2. The first kappa shape index (κ1) is 14.1. The zero-order valence-electron chi connectivity index (χ0n) is 10.9. The largest absolute Gasteiger partial charge is 0.493 e. The van der Waals surface area contributed by atoms with Crippen molar-refractivity contribution < 1.29 is 19.4 Å². The van der Waals surface area contributed by atoms with Crippen LogP contribution in [-0.2, 0) is 4.79 Å². The van der Waals surface area contributed by atoms with Crippen molar-refractivity contribution in [2.24, 2.45) is 0 Å². The van der Waals surface area contributed by atoms with Crippen LogP contribution in [0.25, 0.3) is 6.08 Å². The number of aliphatic carboxylic acids is 1. The average Bonchev–Trinajstić information content (AvgIpc) is 2.36. The lowest BCUT2D eigenvalue weighted by atomic mass is 10.1. The molecule has 0 saturated carbocycles. The molecule has 1 aromatic rings. The molecule has 0 aliphatic rings. The Morgan fingerprint density at radius 3 is 2.67 bits per heavy atom. The van der Waals surface area contributed by atoms with Crippen LogP contribution in [-0.4, -0.2) is 24.8 Å². The lowest BCUT2D eigenvalue weighted by Crippen LogP contribution is -1.99. The molecule has 0 bridgehead atoms. The minimum absolute atomic E-state index is 0.279. The summed E-state index contributed by atoms with van der Waals surface area (Å²) in [7, 11) is 1.58. The van der Waals surface area contributed by atoms with Crippen molar-refractivity contribution in [3.05, 3.63) is 29.3 Å². The van der Waals surface area contributed by atoms with E-state index in [9.17, 15) is 4.79 Å². The monoisotopic (exact) mass is 250 g/mol. The maximum absolute atomic E-state index is 10.8. The van der Waals surface area contributed by atoms with Gasteiger partial charge < -0.3 is 14.6 Å². The van der Waals surface area contributed by atoms with E-state index in [1.165, 1.54) is 0 Å². The van der Waals surface area contributed by atoms with Gasteiger partial charge in [0.05, 0.1) is 13.7 Å².